The van der Waals surface area contributed by atoms with E-state index >= 15 is 0 Å². The van der Waals surface area contributed by atoms with Gasteiger partial charge in [-0.2, -0.15) is 8.42 Å². The second kappa shape index (κ2) is 11.5. The van der Waals surface area contributed by atoms with E-state index in [0.29, 0.717) is 24.3 Å². The van der Waals surface area contributed by atoms with Gasteiger partial charge in [-0.1, -0.05) is 11.8 Å². The van der Waals surface area contributed by atoms with Crippen LogP contribution in [0.15, 0.2) is 52.3 Å². The summed E-state index contributed by atoms with van der Waals surface area (Å²) < 4.78 is 66.8. The summed E-state index contributed by atoms with van der Waals surface area (Å²) in [5.74, 6) is -3.93. The van der Waals surface area contributed by atoms with E-state index in [-0.39, 0.29) is 59.1 Å². The normalized spacial score (nSPS) is 11.2. The Balaban J connectivity index is 0.00000324. The third kappa shape index (κ3) is 6.80. The monoisotopic (exact) mass is 556 g/mol. The van der Waals surface area contributed by atoms with Crippen LogP contribution in [0.25, 0.3) is 10.8 Å². The van der Waals surface area contributed by atoms with Gasteiger partial charge in [0.25, 0.3) is 21.7 Å². The summed E-state index contributed by atoms with van der Waals surface area (Å²) in [5.41, 5.74) is -2.26. The van der Waals surface area contributed by atoms with Crippen molar-refractivity contribution in [2.45, 2.75) is 9.79 Å². The van der Waals surface area contributed by atoms with Crippen LogP contribution in [0.5, 0.6) is 5.75 Å². The molecule has 0 spiro atoms. The zero-order valence-electron chi connectivity index (χ0n) is 18.3. The number of nitro groups is 1. The first-order chi connectivity index (χ1) is 15.6. The minimum absolute atomic E-state index is 0. The van der Waals surface area contributed by atoms with Crippen molar-refractivity contribution in [2.75, 3.05) is 5.32 Å². The third-order valence-corrected chi connectivity index (χ3v) is 6.19. The molecule has 0 aliphatic heterocycles. The summed E-state index contributed by atoms with van der Waals surface area (Å²) in [6.45, 7) is 0. The summed E-state index contributed by atoms with van der Waals surface area (Å²) in [4.78, 5) is 32.0. The van der Waals surface area contributed by atoms with Gasteiger partial charge < -0.3 is 20.1 Å². The van der Waals surface area contributed by atoms with E-state index in [1.807, 2.05) is 0 Å². The molecular weight excluding hydrogens is 546 g/mol. The number of aromatic carboxylic acids is 1. The second-order valence-corrected chi connectivity index (χ2v) is 9.44. The molecule has 0 bridgehead atoms. The smallest absolute Gasteiger partial charge is 0.872 e. The van der Waals surface area contributed by atoms with Crippen LogP contribution >= 0.6 is 0 Å². The van der Waals surface area contributed by atoms with Crippen LogP contribution in [0, 0.1) is 10.1 Å². The number of nitro benzene ring substituents is 1. The fourth-order valence-electron chi connectivity index (χ4n) is 3.03. The summed E-state index contributed by atoms with van der Waals surface area (Å²) in [7, 11) is -10.2. The number of fused-ring (bicyclic) bond motifs is 1. The van der Waals surface area contributed by atoms with Crippen molar-refractivity contribution in [2.24, 2.45) is 0 Å². The maximum absolute atomic E-state index is 12.7. The molecule has 0 saturated heterocycles. The molecule has 3 rings (SSSR count). The molecule has 0 aliphatic rings. The summed E-state index contributed by atoms with van der Waals surface area (Å²) in [5, 5.41) is 33.6. The molecule has 3 N–H and O–H groups in total. The number of carbonyl (C=O) groups excluding carboxylic acids is 1. The Labute approximate surface area is 246 Å². The Kier molecular flexibility index (Phi) is 10.2. The van der Waals surface area contributed by atoms with Crippen LogP contribution in [-0.2, 0) is 20.2 Å². The van der Waals surface area contributed by atoms with Gasteiger partial charge in [0.1, 0.15) is 15.0 Å². The average molecular weight is 556 g/mol. The molecule has 0 unspecified atom stereocenters. The number of carbonyl (C=O) groups is 2. The Morgan fingerprint density at radius 3 is 2.03 bits per heavy atom. The van der Waals surface area contributed by atoms with Gasteiger partial charge in [-0.05, 0) is 29.7 Å². The van der Waals surface area contributed by atoms with Crippen LogP contribution in [-0.4, -0.2) is 47.8 Å². The second-order valence-electron chi connectivity index (χ2n) is 6.67. The number of amides is 1. The standard InChI is InChI=1S/C18H12N2O12S2.2Na/c21-14-7-11(33(27,28)29)6-12-15(34(30,31)32)2-1-13(16(12)14)19-17(22)8-3-9(18(23)24)5-10(4-8)20(25)26;;/h1-7,21H,(H,19,22)(H,23,24)(H,27,28,29)(H,30,31,32);;/q;2*+1/p-2. The fraction of sp³-hybridized carbons (Fsp3) is 0. The van der Waals surface area contributed by atoms with Gasteiger partial charge >= 0.3 is 65.1 Å². The van der Waals surface area contributed by atoms with Crippen LogP contribution < -0.4 is 69.5 Å². The van der Waals surface area contributed by atoms with Crippen molar-refractivity contribution in [3.63, 3.8) is 0 Å². The molecule has 36 heavy (non-hydrogen) atoms. The van der Waals surface area contributed by atoms with E-state index in [9.17, 15) is 50.8 Å². The van der Waals surface area contributed by atoms with Crippen LogP contribution in [0.4, 0.5) is 11.4 Å². The number of hydrogen-bond donors (Lipinski definition) is 3. The van der Waals surface area contributed by atoms with Gasteiger partial charge in [0, 0.05) is 28.8 Å². The number of benzene rings is 3. The van der Waals surface area contributed by atoms with E-state index in [2.05, 4.69) is 5.32 Å². The quantitative estimate of drug-likeness (QED) is 0.112. The fourth-order valence-corrected chi connectivity index (χ4v) is 4.23. The number of nitrogens with zero attached hydrogens (tertiary/aromatic N) is 1. The van der Waals surface area contributed by atoms with Crippen molar-refractivity contribution >= 4 is 54.3 Å². The number of non-ortho nitro benzene ring substituents is 1. The molecule has 3 aromatic carbocycles. The predicted octanol–water partition coefficient (Wildman–Crippen LogP) is -5.07. The van der Waals surface area contributed by atoms with Crippen molar-refractivity contribution in [3.8, 4) is 5.75 Å². The van der Waals surface area contributed by atoms with E-state index < -0.39 is 85.9 Å². The van der Waals surface area contributed by atoms with E-state index in [0.717, 1.165) is 18.2 Å². The van der Waals surface area contributed by atoms with Crippen LogP contribution in [0.3, 0.4) is 0 Å². The van der Waals surface area contributed by atoms with Crippen LogP contribution in [0.1, 0.15) is 20.7 Å². The number of hydrogen-bond acceptors (Lipinski definition) is 10. The largest absolute Gasteiger partial charge is 1.00 e. The van der Waals surface area contributed by atoms with E-state index in [4.69, 9.17) is 5.11 Å². The third-order valence-electron chi connectivity index (χ3n) is 4.46. The topological polar surface area (TPSA) is 244 Å². The minimum Gasteiger partial charge on any atom is -0.872 e. The summed E-state index contributed by atoms with van der Waals surface area (Å²) >= 11 is 0. The summed E-state index contributed by atoms with van der Waals surface area (Å²) in [6.07, 6.45) is 0. The first kappa shape index (κ1) is 31.9. The van der Waals surface area contributed by atoms with Gasteiger partial charge in [-0.25, -0.2) is 13.2 Å². The zero-order valence-corrected chi connectivity index (χ0v) is 23.9. The first-order valence-electron chi connectivity index (χ1n) is 8.65. The molecule has 14 nitrogen and oxygen atoms in total. The molecule has 0 aromatic heterocycles. The zero-order chi connectivity index (χ0) is 25.6. The van der Waals surface area contributed by atoms with Crippen LogP contribution in [0.2, 0.25) is 0 Å². The average Bonchev–Trinajstić information content (AvgIpc) is 2.71. The Bertz CT molecular complexity index is 1590. The number of rotatable bonds is 6. The van der Waals surface area contributed by atoms with Gasteiger partial charge in [0.15, 0.2) is 0 Å². The Hall–Kier alpha value is -2.12. The Morgan fingerprint density at radius 1 is 0.944 bits per heavy atom. The summed E-state index contributed by atoms with van der Waals surface area (Å²) in [6, 6.07) is 4.74. The number of anilines is 1. The molecule has 3 aromatic rings. The molecule has 0 radical (unpaired) electrons. The maximum atomic E-state index is 12.7. The van der Waals surface area contributed by atoms with Gasteiger partial charge in [-0.15, -0.1) is 0 Å². The minimum atomic E-state index is -5.22. The molecule has 178 valence electrons. The molecule has 1 amide bonds. The van der Waals surface area contributed by atoms with Crippen molar-refractivity contribution in [1.29, 1.82) is 0 Å². The Morgan fingerprint density at radius 2 is 1.53 bits per heavy atom. The van der Waals surface area contributed by atoms with Crippen molar-refractivity contribution in [3.05, 3.63) is 63.7 Å². The number of carboxylic acids is 1. The molecule has 0 heterocycles. The molecule has 0 atom stereocenters. The van der Waals surface area contributed by atoms with Gasteiger partial charge in [0.05, 0.1) is 15.4 Å². The molecular formula is C18H10N2Na2O12S2. The predicted molar refractivity (Wildman–Crippen MR) is 109 cm³/mol. The molecule has 0 aliphatic carbocycles. The first-order valence-corrected chi connectivity index (χ1v) is 11.5. The van der Waals surface area contributed by atoms with Gasteiger partial charge in [0.2, 0.25) is 0 Å². The van der Waals surface area contributed by atoms with Crippen molar-refractivity contribution < 1.29 is 110 Å². The van der Waals surface area contributed by atoms with Gasteiger partial charge in [-0.3, -0.25) is 19.5 Å². The van der Waals surface area contributed by atoms with E-state index in [1.54, 1.807) is 0 Å². The molecule has 18 heteroatoms. The molecule has 0 fully saturated rings. The number of nitrogens with one attached hydrogen (secondary N) is 1. The SMILES string of the molecule is O=C(O)c1cc(C(=O)Nc2ccc(S(=O)(=O)O)c3cc(S(=O)(=O)[O-])cc([O-])c23)cc([N+](=O)[O-])c1.[Na+].[Na+]. The van der Waals surface area contributed by atoms with Crippen molar-refractivity contribution in [1.82, 2.24) is 0 Å². The molecule has 0 saturated carbocycles. The van der Waals surface area contributed by atoms with E-state index in [1.165, 1.54) is 0 Å². The number of carboxylic acid groups (broad SMARTS) is 1. The maximum Gasteiger partial charge on any atom is 1.00 e.